The van der Waals surface area contributed by atoms with Crippen molar-refractivity contribution >= 4 is 0 Å². The minimum atomic E-state index is 0.145. The number of hydrogen-bond donors (Lipinski definition) is 2. The van der Waals surface area contributed by atoms with E-state index in [9.17, 15) is 0 Å². The van der Waals surface area contributed by atoms with E-state index in [1.807, 2.05) is 18.2 Å². The Kier molecular flexibility index (Phi) is 6.43. The van der Waals surface area contributed by atoms with Crippen LogP contribution in [0.15, 0.2) is 18.2 Å². The topological polar surface area (TPSA) is 50.7 Å². The van der Waals surface area contributed by atoms with Gasteiger partial charge >= 0.3 is 0 Å². The van der Waals surface area contributed by atoms with Crippen molar-refractivity contribution in [1.29, 1.82) is 0 Å². The van der Waals surface area contributed by atoms with Gasteiger partial charge in [0, 0.05) is 31.2 Å². The van der Waals surface area contributed by atoms with Crippen LogP contribution < -0.4 is 14.8 Å². The second-order valence-electron chi connectivity index (χ2n) is 3.68. The van der Waals surface area contributed by atoms with Gasteiger partial charge in [0.15, 0.2) is 0 Å². The zero-order valence-electron chi connectivity index (χ0n) is 10.5. The van der Waals surface area contributed by atoms with E-state index in [4.69, 9.17) is 14.6 Å². The molecule has 17 heavy (non-hydrogen) atoms. The summed E-state index contributed by atoms with van der Waals surface area (Å²) >= 11 is 0. The molecule has 0 unspecified atom stereocenters. The van der Waals surface area contributed by atoms with Crippen LogP contribution in [0, 0.1) is 0 Å². The molecule has 4 heteroatoms. The van der Waals surface area contributed by atoms with E-state index in [-0.39, 0.29) is 6.61 Å². The molecule has 0 fully saturated rings. The lowest BCUT2D eigenvalue weighted by atomic mass is 10.2. The van der Waals surface area contributed by atoms with Gasteiger partial charge in [-0.2, -0.15) is 0 Å². The lowest BCUT2D eigenvalue weighted by Crippen LogP contribution is -2.13. The zero-order chi connectivity index (χ0) is 12.5. The van der Waals surface area contributed by atoms with Gasteiger partial charge in [0.25, 0.3) is 0 Å². The third kappa shape index (κ3) is 4.63. The molecule has 0 saturated heterocycles. The van der Waals surface area contributed by atoms with Crippen LogP contribution in [0.1, 0.15) is 18.9 Å². The van der Waals surface area contributed by atoms with Crippen LogP contribution in [0.3, 0.4) is 0 Å². The maximum atomic E-state index is 8.74. The van der Waals surface area contributed by atoms with Gasteiger partial charge < -0.3 is 19.9 Å². The quantitative estimate of drug-likeness (QED) is 0.676. The van der Waals surface area contributed by atoms with Crippen molar-refractivity contribution in [2.24, 2.45) is 0 Å². The molecule has 96 valence electrons. The standard InChI is InChI=1S/C13H21NO3/c1-3-14-10-11-5-6-12(16-2)9-13(11)17-8-4-7-15/h5-6,9,14-15H,3-4,7-8,10H2,1-2H3. The fourth-order valence-electron chi connectivity index (χ4n) is 1.45. The van der Waals surface area contributed by atoms with Crippen molar-refractivity contribution in [3.05, 3.63) is 23.8 Å². The highest BCUT2D eigenvalue weighted by molar-refractivity contribution is 5.40. The predicted octanol–water partition coefficient (Wildman–Crippen LogP) is 1.57. The smallest absolute Gasteiger partial charge is 0.127 e. The Balaban J connectivity index is 2.71. The molecule has 4 nitrogen and oxygen atoms in total. The highest BCUT2D eigenvalue weighted by atomic mass is 16.5. The molecule has 0 amide bonds. The molecule has 0 aliphatic rings. The molecule has 1 aromatic carbocycles. The molecule has 1 rings (SSSR count). The molecule has 0 bridgehead atoms. The Morgan fingerprint density at radius 1 is 1.35 bits per heavy atom. The molecule has 0 atom stereocenters. The zero-order valence-corrected chi connectivity index (χ0v) is 10.5. The number of nitrogens with one attached hydrogen (secondary N) is 1. The summed E-state index contributed by atoms with van der Waals surface area (Å²) in [6.45, 7) is 4.42. The van der Waals surface area contributed by atoms with Crippen LogP contribution in [0.4, 0.5) is 0 Å². The largest absolute Gasteiger partial charge is 0.497 e. The Hall–Kier alpha value is -1.26. The number of benzene rings is 1. The summed E-state index contributed by atoms with van der Waals surface area (Å²) in [5.74, 6) is 1.60. The summed E-state index contributed by atoms with van der Waals surface area (Å²) in [5.41, 5.74) is 1.10. The number of aliphatic hydroxyl groups excluding tert-OH is 1. The maximum absolute atomic E-state index is 8.74. The average molecular weight is 239 g/mol. The summed E-state index contributed by atoms with van der Waals surface area (Å²) in [5, 5.41) is 12.0. The van der Waals surface area contributed by atoms with Gasteiger partial charge in [0.2, 0.25) is 0 Å². The molecule has 0 aliphatic heterocycles. The normalized spacial score (nSPS) is 10.3. The first-order chi connectivity index (χ1) is 8.31. The van der Waals surface area contributed by atoms with Crippen molar-refractivity contribution in [3.63, 3.8) is 0 Å². The number of methoxy groups -OCH3 is 1. The molecule has 0 spiro atoms. The highest BCUT2D eigenvalue weighted by Gasteiger charge is 2.05. The third-order valence-electron chi connectivity index (χ3n) is 2.40. The first-order valence-electron chi connectivity index (χ1n) is 5.93. The molecule has 0 aliphatic carbocycles. The van der Waals surface area contributed by atoms with E-state index >= 15 is 0 Å². The Labute approximate surface area is 103 Å². The van der Waals surface area contributed by atoms with Crippen molar-refractivity contribution < 1.29 is 14.6 Å². The molecule has 0 aromatic heterocycles. The second kappa shape index (κ2) is 7.92. The first-order valence-corrected chi connectivity index (χ1v) is 5.93. The van der Waals surface area contributed by atoms with Crippen LogP contribution >= 0.6 is 0 Å². The second-order valence-corrected chi connectivity index (χ2v) is 3.68. The lowest BCUT2D eigenvalue weighted by molar-refractivity contribution is 0.232. The minimum Gasteiger partial charge on any atom is -0.497 e. The monoisotopic (exact) mass is 239 g/mol. The van der Waals surface area contributed by atoms with Gasteiger partial charge in [-0.1, -0.05) is 13.0 Å². The van der Waals surface area contributed by atoms with Crippen LogP contribution in [0.5, 0.6) is 11.5 Å². The molecule has 2 N–H and O–H groups in total. The Bertz CT molecular complexity index is 328. The van der Waals surface area contributed by atoms with E-state index in [0.29, 0.717) is 13.0 Å². The number of hydrogen-bond acceptors (Lipinski definition) is 4. The van der Waals surface area contributed by atoms with Gasteiger partial charge in [-0.05, 0) is 12.6 Å². The molecular weight excluding hydrogens is 218 g/mol. The van der Waals surface area contributed by atoms with Crippen molar-refractivity contribution in [1.82, 2.24) is 5.32 Å². The van der Waals surface area contributed by atoms with Crippen molar-refractivity contribution in [2.45, 2.75) is 19.9 Å². The van der Waals surface area contributed by atoms with E-state index in [2.05, 4.69) is 12.2 Å². The average Bonchev–Trinajstić information content (AvgIpc) is 2.37. The summed E-state index contributed by atoms with van der Waals surface area (Å²) in [4.78, 5) is 0. The minimum absolute atomic E-state index is 0.145. The van der Waals surface area contributed by atoms with E-state index in [0.717, 1.165) is 30.2 Å². The third-order valence-corrected chi connectivity index (χ3v) is 2.40. The van der Waals surface area contributed by atoms with Crippen LogP contribution in [-0.4, -0.2) is 32.0 Å². The lowest BCUT2D eigenvalue weighted by Gasteiger charge is -2.13. The van der Waals surface area contributed by atoms with Crippen LogP contribution in [0.25, 0.3) is 0 Å². The van der Waals surface area contributed by atoms with Crippen LogP contribution in [-0.2, 0) is 6.54 Å². The fraction of sp³-hybridized carbons (Fsp3) is 0.538. The van der Waals surface area contributed by atoms with Gasteiger partial charge in [-0.15, -0.1) is 0 Å². The SMILES string of the molecule is CCNCc1ccc(OC)cc1OCCCO. The highest BCUT2D eigenvalue weighted by Crippen LogP contribution is 2.24. The van der Waals surface area contributed by atoms with Crippen molar-refractivity contribution in [2.75, 3.05) is 26.9 Å². The summed E-state index contributed by atoms with van der Waals surface area (Å²) in [7, 11) is 1.64. The summed E-state index contributed by atoms with van der Waals surface area (Å²) in [6, 6.07) is 5.80. The van der Waals surface area contributed by atoms with E-state index in [1.54, 1.807) is 7.11 Å². The van der Waals surface area contributed by atoms with Gasteiger partial charge in [0.05, 0.1) is 13.7 Å². The van der Waals surface area contributed by atoms with Crippen molar-refractivity contribution in [3.8, 4) is 11.5 Å². The van der Waals surface area contributed by atoms with E-state index < -0.39 is 0 Å². The van der Waals surface area contributed by atoms with Crippen LogP contribution in [0.2, 0.25) is 0 Å². The molecular formula is C13H21NO3. The predicted molar refractivity (Wildman–Crippen MR) is 67.6 cm³/mol. The molecule has 0 heterocycles. The molecule has 1 aromatic rings. The Morgan fingerprint density at radius 3 is 2.82 bits per heavy atom. The number of rotatable bonds is 8. The molecule has 0 radical (unpaired) electrons. The van der Waals surface area contributed by atoms with Gasteiger partial charge in [-0.3, -0.25) is 0 Å². The first kappa shape index (κ1) is 13.8. The summed E-state index contributed by atoms with van der Waals surface area (Å²) < 4.78 is 10.8. The Morgan fingerprint density at radius 2 is 2.18 bits per heavy atom. The fourth-order valence-corrected chi connectivity index (χ4v) is 1.45. The van der Waals surface area contributed by atoms with Gasteiger partial charge in [0.1, 0.15) is 11.5 Å². The van der Waals surface area contributed by atoms with E-state index in [1.165, 1.54) is 0 Å². The number of ether oxygens (including phenoxy) is 2. The summed E-state index contributed by atoms with van der Waals surface area (Å²) in [6.07, 6.45) is 0.637. The van der Waals surface area contributed by atoms with Gasteiger partial charge in [-0.25, -0.2) is 0 Å². The molecule has 0 saturated carbocycles. The maximum Gasteiger partial charge on any atom is 0.127 e. The number of aliphatic hydroxyl groups is 1.